The molecule has 0 fully saturated rings. The Morgan fingerprint density at radius 1 is 0.857 bits per heavy atom. The molecule has 0 radical (unpaired) electrons. The molecule has 0 saturated heterocycles. The van der Waals surface area contributed by atoms with E-state index >= 15 is 0 Å². The van der Waals surface area contributed by atoms with E-state index in [2.05, 4.69) is 80.9 Å². The van der Waals surface area contributed by atoms with Crippen LogP contribution < -0.4 is 0 Å². The zero-order valence-electron chi connectivity index (χ0n) is 11.0. The lowest BCUT2D eigenvalue weighted by atomic mass is 10.1. The second-order valence-corrected chi connectivity index (χ2v) is 6.58. The van der Waals surface area contributed by atoms with Gasteiger partial charge in [0.1, 0.15) is 9.39 Å². The molecule has 0 aliphatic carbocycles. The number of hydrogen-bond acceptors (Lipinski definition) is 2. The van der Waals surface area contributed by atoms with E-state index in [9.17, 15) is 0 Å². The van der Waals surface area contributed by atoms with E-state index in [1.165, 1.54) is 11.3 Å². The zero-order valence-corrected chi connectivity index (χ0v) is 14.0. The minimum absolute atomic E-state index is 1.04. The Morgan fingerprint density at radius 2 is 1.48 bits per heavy atom. The summed E-state index contributed by atoms with van der Waals surface area (Å²) in [6.45, 7) is 0. The summed E-state index contributed by atoms with van der Waals surface area (Å²) in [5, 5.41) is 2.18. The molecule has 2 aromatic heterocycles. The number of benzene rings is 2. The number of nitrogens with zero attached hydrogens (tertiary/aromatic N) is 2. The quantitative estimate of drug-likeness (QED) is 0.414. The van der Waals surface area contributed by atoms with Crippen LogP contribution in [0.25, 0.3) is 27.5 Å². The molecule has 2 heterocycles. The molecule has 2 nitrogen and oxygen atoms in total. The van der Waals surface area contributed by atoms with Crippen LogP contribution >= 0.6 is 33.9 Å². The highest BCUT2D eigenvalue weighted by Crippen LogP contribution is 2.33. The molecule has 4 aromatic rings. The molecule has 21 heavy (non-hydrogen) atoms. The molecule has 0 unspecified atom stereocenters. The fourth-order valence-corrected chi connectivity index (χ4v) is 4.40. The van der Waals surface area contributed by atoms with E-state index in [-0.39, 0.29) is 0 Å². The predicted molar refractivity (Wildman–Crippen MR) is 96.7 cm³/mol. The summed E-state index contributed by atoms with van der Waals surface area (Å²) in [6, 6.07) is 20.8. The Hall–Kier alpha value is -1.66. The molecular formula is C17H11IN2S. The molecule has 4 rings (SSSR count). The van der Waals surface area contributed by atoms with Gasteiger partial charge in [0.15, 0.2) is 4.96 Å². The van der Waals surface area contributed by atoms with Gasteiger partial charge in [0.25, 0.3) is 0 Å². The van der Waals surface area contributed by atoms with E-state index in [1.54, 1.807) is 11.3 Å². The Bertz CT molecular complexity index is 895. The van der Waals surface area contributed by atoms with Gasteiger partial charge in [-0.05, 0) is 28.2 Å². The number of aromatic nitrogens is 2. The first kappa shape index (κ1) is 13.0. The van der Waals surface area contributed by atoms with Crippen molar-refractivity contribution >= 4 is 38.9 Å². The third kappa shape index (κ3) is 2.18. The van der Waals surface area contributed by atoms with Crippen LogP contribution in [-0.2, 0) is 0 Å². The third-order valence-corrected chi connectivity index (χ3v) is 5.24. The summed E-state index contributed by atoms with van der Waals surface area (Å²) < 4.78 is 3.40. The maximum atomic E-state index is 4.80. The van der Waals surface area contributed by atoms with Crippen molar-refractivity contribution in [2.45, 2.75) is 0 Å². The van der Waals surface area contributed by atoms with Gasteiger partial charge >= 0.3 is 0 Å². The van der Waals surface area contributed by atoms with Gasteiger partial charge < -0.3 is 0 Å². The largest absolute Gasteiger partial charge is 0.277 e. The van der Waals surface area contributed by atoms with E-state index < -0.39 is 0 Å². The normalized spacial score (nSPS) is 11.1. The van der Waals surface area contributed by atoms with Gasteiger partial charge in [-0.25, -0.2) is 4.98 Å². The first-order valence-electron chi connectivity index (χ1n) is 6.61. The van der Waals surface area contributed by atoms with Crippen LogP contribution in [0.3, 0.4) is 0 Å². The van der Waals surface area contributed by atoms with Crippen molar-refractivity contribution in [2.75, 3.05) is 0 Å². The number of halogens is 1. The number of imidazole rings is 1. The van der Waals surface area contributed by atoms with Gasteiger partial charge in [-0.15, -0.1) is 11.3 Å². The summed E-state index contributed by atoms with van der Waals surface area (Å²) in [4.78, 5) is 5.84. The molecule has 0 N–H and O–H groups in total. The van der Waals surface area contributed by atoms with Crippen molar-refractivity contribution in [2.24, 2.45) is 0 Å². The number of hydrogen-bond donors (Lipinski definition) is 0. The molecule has 102 valence electrons. The lowest BCUT2D eigenvalue weighted by Crippen LogP contribution is -1.89. The third-order valence-electron chi connectivity index (χ3n) is 3.42. The number of rotatable bonds is 2. The van der Waals surface area contributed by atoms with Crippen LogP contribution in [0.5, 0.6) is 0 Å². The first-order chi connectivity index (χ1) is 10.3. The highest BCUT2D eigenvalue weighted by molar-refractivity contribution is 14.1. The van der Waals surface area contributed by atoms with Crippen LogP contribution in [0.1, 0.15) is 0 Å². The van der Waals surface area contributed by atoms with Crippen LogP contribution in [0.2, 0.25) is 0 Å². The second-order valence-electron chi connectivity index (χ2n) is 4.72. The van der Waals surface area contributed by atoms with Gasteiger partial charge in [-0.1, -0.05) is 60.7 Å². The Morgan fingerprint density at radius 3 is 2.14 bits per heavy atom. The Kier molecular flexibility index (Phi) is 3.27. The van der Waals surface area contributed by atoms with E-state index in [0.717, 1.165) is 19.9 Å². The highest BCUT2D eigenvalue weighted by Gasteiger charge is 2.16. The summed E-state index contributed by atoms with van der Waals surface area (Å²) in [7, 11) is 0. The van der Waals surface area contributed by atoms with Crippen LogP contribution in [0.4, 0.5) is 0 Å². The molecule has 0 bridgehead atoms. The lowest BCUT2D eigenvalue weighted by Gasteiger charge is -2.02. The molecule has 0 spiro atoms. The molecule has 0 aliphatic rings. The standard InChI is InChI=1S/C17H11IN2S/c18-16-15(13-9-5-2-6-10-13)19-17-20(16)14(11-21-17)12-7-3-1-4-8-12/h1-11H. The first-order valence-corrected chi connectivity index (χ1v) is 8.57. The SMILES string of the molecule is Ic1c(-c2ccccc2)nc2scc(-c3ccccc3)n12. The predicted octanol–water partition coefficient (Wildman–Crippen LogP) is 5.33. The molecule has 4 heteroatoms. The van der Waals surface area contributed by atoms with Gasteiger partial charge in [-0.2, -0.15) is 0 Å². The smallest absolute Gasteiger partial charge is 0.195 e. The molecule has 0 saturated carbocycles. The maximum absolute atomic E-state index is 4.80. The van der Waals surface area contributed by atoms with Crippen LogP contribution in [0.15, 0.2) is 66.0 Å². The average Bonchev–Trinajstić information content (AvgIpc) is 3.10. The fraction of sp³-hybridized carbons (Fsp3) is 0. The monoisotopic (exact) mass is 402 g/mol. The highest BCUT2D eigenvalue weighted by atomic mass is 127. The van der Waals surface area contributed by atoms with Crippen molar-refractivity contribution in [3.63, 3.8) is 0 Å². The topological polar surface area (TPSA) is 17.3 Å². The second kappa shape index (κ2) is 5.27. The van der Waals surface area contributed by atoms with Gasteiger partial charge in [0.05, 0.1) is 5.69 Å². The Labute approximate surface area is 140 Å². The van der Waals surface area contributed by atoms with Crippen molar-refractivity contribution in [3.8, 4) is 22.5 Å². The summed E-state index contributed by atoms with van der Waals surface area (Å²) in [6.07, 6.45) is 0. The van der Waals surface area contributed by atoms with Crippen molar-refractivity contribution in [1.82, 2.24) is 9.38 Å². The van der Waals surface area contributed by atoms with Gasteiger partial charge in [0.2, 0.25) is 0 Å². The molecule has 0 aliphatic heterocycles. The Balaban J connectivity index is 1.95. The maximum Gasteiger partial charge on any atom is 0.195 e. The molecule has 0 amide bonds. The van der Waals surface area contributed by atoms with Crippen LogP contribution in [-0.4, -0.2) is 9.38 Å². The van der Waals surface area contributed by atoms with Crippen LogP contribution in [0, 0.1) is 3.70 Å². The zero-order chi connectivity index (χ0) is 14.2. The van der Waals surface area contributed by atoms with E-state index in [0.29, 0.717) is 0 Å². The van der Waals surface area contributed by atoms with E-state index in [1.807, 2.05) is 12.1 Å². The molecular weight excluding hydrogens is 391 g/mol. The minimum atomic E-state index is 1.04. The molecule has 2 aromatic carbocycles. The van der Waals surface area contributed by atoms with Crippen molar-refractivity contribution in [3.05, 3.63) is 69.7 Å². The van der Waals surface area contributed by atoms with Crippen molar-refractivity contribution < 1.29 is 0 Å². The number of fused-ring (bicyclic) bond motifs is 1. The summed E-state index contributed by atoms with van der Waals surface area (Å²) >= 11 is 4.08. The minimum Gasteiger partial charge on any atom is -0.277 e. The summed E-state index contributed by atoms with van der Waals surface area (Å²) in [5.41, 5.74) is 4.64. The summed E-state index contributed by atoms with van der Waals surface area (Å²) in [5.74, 6) is 0. The lowest BCUT2D eigenvalue weighted by molar-refractivity contribution is 1.19. The van der Waals surface area contributed by atoms with Crippen molar-refractivity contribution in [1.29, 1.82) is 0 Å². The van der Waals surface area contributed by atoms with E-state index in [4.69, 9.17) is 4.98 Å². The average molecular weight is 402 g/mol. The van der Waals surface area contributed by atoms with Gasteiger partial charge in [-0.3, -0.25) is 4.40 Å². The molecule has 0 atom stereocenters. The number of thiazole rings is 1. The fourth-order valence-electron chi connectivity index (χ4n) is 2.42. The van der Waals surface area contributed by atoms with Gasteiger partial charge in [0, 0.05) is 10.9 Å².